The molecule has 0 fully saturated rings. The number of methoxy groups -OCH3 is 2. The van der Waals surface area contributed by atoms with Crippen molar-refractivity contribution < 1.29 is 38.1 Å². The van der Waals surface area contributed by atoms with Crippen LogP contribution in [0.4, 0.5) is 4.79 Å². The Bertz CT molecular complexity index is 1660. The van der Waals surface area contributed by atoms with Crippen molar-refractivity contribution >= 4 is 23.7 Å². The Kier molecular flexibility index (Phi) is 18.1. The van der Waals surface area contributed by atoms with Gasteiger partial charge in [-0.3, -0.25) is 20.0 Å². The Morgan fingerprint density at radius 2 is 1.46 bits per heavy atom. The van der Waals surface area contributed by atoms with Crippen molar-refractivity contribution in [3.63, 3.8) is 0 Å². The Hall–Kier alpha value is -4.69. The highest BCUT2D eigenvalue weighted by Gasteiger charge is 2.37. The number of aromatic nitrogens is 1. The summed E-state index contributed by atoms with van der Waals surface area (Å²) < 4.78 is 22.2. The third kappa shape index (κ3) is 15.4. The smallest absolute Gasteiger partial charge is 0.407 e. The van der Waals surface area contributed by atoms with Crippen molar-refractivity contribution in [2.24, 2.45) is 16.7 Å². The zero-order chi connectivity index (χ0) is 41.3. The molecule has 3 N–H and O–H groups in total. The molecule has 0 bridgehead atoms. The monoisotopic (exact) mass is 775 g/mol. The van der Waals surface area contributed by atoms with E-state index < -0.39 is 46.9 Å². The number of ether oxygens (including phenoxy) is 4. The van der Waals surface area contributed by atoms with Crippen molar-refractivity contribution in [2.45, 2.75) is 86.0 Å². The fraction of sp³-hybridized carbons (Fsp3) is 0.512. The average Bonchev–Trinajstić information content (AvgIpc) is 3.15. The van der Waals surface area contributed by atoms with Crippen LogP contribution in [0.2, 0.25) is 0 Å². The second-order valence-corrected chi connectivity index (χ2v) is 16.1. The van der Waals surface area contributed by atoms with Gasteiger partial charge in [0.1, 0.15) is 18.6 Å². The molecule has 0 aliphatic carbocycles. The van der Waals surface area contributed by atoms with Crippen LogP contribution in [0.15, 0.2) is 79.0 Å². The van der Waals surface area contributed by atoms with Crippen molar-refractivity contribution in [3.8, 4) is 11.3 Å². The number of amides is 3. The maximum absolute atomic E-state index is 14.2. The van der Waals surface area contributed by atoms with Crippen molar-refractivity contribution in [3.05, 3.63) is 90.1 Å². The molecule has 3 rings (SSSR count). The van der Waals surface area contributed by atoms with Gasteiger partial charge in [-0.1, -0.05) is 102 Å². The molecule has 56 heavy (non-hydrogen) atoms. The van der Waals surface area contributed by atoms with E-state index in [-0.39, 0.29) is 44.6 Å². The molecule has 0 spiro atoms. The number of hydrogen-bond acceptors (Lipinski definition) is 10. The topological polar surface area (TPSA) is 157 Å². The number of alkyl carbamates (subject to hydrolysis) is 1. The van der Waals surface area contributed by atoms with Gasteiger partial charge in [0.2, 0.25) is 5.91 Å². The third-order valence-corrected chi connectivity index (χ3v) is 9.26. The lowest BCUT2D eigenvalue weighted by molar-refractivity contribution is -0.141. The molecule has 1 unspecified atom stereocenters. The van der Waals surface area contributed by atoms with Crippen LogP contribution in [-0.2, 0) is 46.3 Å². The minimum Gasteiger partial charge on any atom is -0.453 e. The van der Waals surface area contributed by atoms with Crippen LogP contribution in [0, 0.1) is 16.7 Å². The summed E-state index contributed by atoms with van der Waals surface area (Å²) in [6.45, 7) is 13.7. The molecule has 1 aromatic heterocycles. The minimum absolute atomic E-state index is 0.0805. The van der Waals surface area contributed by atoms with E-state index in [4.69, 9.17) is 18.9 Å². The van der Waals surface area contributed by atoms with Gasteiger partial charge in [0.05, 0.1) is 38.2 Å². The lowest BCUT2D eigenvalue weighted by Crippen LogP contribution is -2.60. The zero-order valence-electron chi connectivity index (χ0n) is 34.4. The van der Waals surface area contributed by atoms with Crippen LogP contribution in [0.5, 0.6) is 0 Å². The first kappa shape index (κ1) is 45.7. The summed E-state index contributed by atoms with van der Waals surface area (Å²) in [4.78, 5) is 57.5. The molecule has 0 aliphatic heterocycles. The third-order valence-electron chi connectivity index (χ3n) is 9.26. The Balaban J connectivity index is 2.08. The lowest BCUT2D eigenvalue weighted by Gasteiger charge is -2.37. The van der Waals surface area contributed by atoms with E-state index >= 15 is 0 Å². The normalized spacial score (nSPS) is 14.0. The summed E-state index contributed by atoms with van der Waals surface area (Å²) in [6, 6.07) is 21.7. The molecule has 0 radical (unpaired) electrons. The molecule has 0 saturated heterocycles. The summed E-state index contributed by atoms with van der Waals surface area (Å²) in [6.07, 6.45) is 0.700. The number of nitrogens with one attached hydrogen (secondary N) is 3. The number of carbonyl (C=O) groups excluding carboxylic acids is 4. The van der Waals surface area contributed by atoms with Gasteiger partial charge in [-0.05, 0) is 47.4 Å². The van der Waals surface area contributed by atoms with E-state index in [0.717, 1.165) is 22.4 Å². The summed E-state index contributed by atoms with van der Waals surface area (Å²) in [5, 5.41) is 7.64. The highest BCUT2D eigenvalue weighted by atomic mass is 16.7. The van der Waals surface area contributed by atoms with E-state index in [1.807, 2.05) is 114 Å². The molecule has 306 valence electrons. The fourth-order valence-corrected chi connectivity index (χ4v) is 6.11. The second kappa shape index (κ2) is 22.2. The van der Waals surface area contributed by atoms with Gasteiger partial charge in [0.15, 0.2) is 0 Å². The maximum Gasteiger partial charge on any atom is 0.407 e. The lowest BCUT2D eigenvalue weighted by atomic mass is 9.77. The molecule has 0 aliphatic rings. The van der Waals surface area contributed by atoms with Gasteiger partial charge in [-0.25, -0.2) is 9.80 Å². The SMILES string of the molecule is COCCOCO[C@@H](CN(Cc1ccc(-c2ccccn2)cc1)NC(=O)[C@H](NC(=O)OC)C(C)(C)C)C(Cc1ccccc1)NC(=O)[C@H](CC(C)=O)C(C)(C)C. The number of hydrazine groups is 1. The van der Waals surface area contributed by atoms with Gasteiger partial charge in [-0.2, -0.15) is 0 Å². The number of carbonyl (C=O) groups is 4. The molecule has 0 saturated carbocycles. The van der Waals surface area contributed by atoms with Gasteiger partial charge in [-0.15, -0.1) is 0 Å². The summed E-state index contributed by atoms with van der Waals surface area (Å²) in [7, 11) is 2.82. The van der Waals surface area contributed by atoms with Crippen molar-refractivity contribution in [2.75, 3.05) is 40.8 Å². The quantitative estimate of drug-likeness (QED) is 0.0694. The van der Waals surface area contributed by atoms with Gasteiger partial charge < -0.3 is 34.4 Å². The van der Waals surface area contributed by atoms with Crippen LogP contribution < -0.4 is 16.1 Å². The largest absolute Gasteiger partial charge is 0.453 e. The standard InChI is InChI=1S/C43H61N5O8/c1-30(49)25-34(42(2,3)4)39(50)45-36(26-31-15-11-10-12-16-31)37(56-29-55-24-23-53-8)28-48(47-40(51)38(43(5,6)7)46-41(52)54-9)27-32-18-20-33(21-19-32)35-17-13-14-22-44-35/h10-22,34,36-38H,23-29H2,1-9H3,(H,45,50)(H,46,52)(H,47,51)/t34-,36?,37-,38-/m0/s1. The first-order valence-corrected chi connectivity index (χ1v) is 18.9. The van der Waals surface area contributed by atoms with E-state index in [0.29, 0.717) is 13.0 Å². The van der Waals surface area contributed by atoms with Gasteiger partial charge in [0.25, 0.3) is 5.91 Å². The van der Waals surface area contributed by atoms with E-state index in [1.165, 1.54) is 14.0 Å². The number of nitrogens with zero attached hydrogens (tertiary/aromatic N) is 2. The predicted octanol–water partition coefficient (Wildman–Crippen LogP) is 5.73. The van der Waals surface area contributed by atoms with Crippen LogP contribution in [0.3, 0.4) is 0 Å². The molecule has 13 nitrogen and oxygen atoms in total. The average molecular weight is 776 g/mol. The molecule has 3 amide bonds. The first-order valence-electron chi connectivity index (χ1n) is 18.9. The van der Waals surface area contributed by atoms with Gasteiger partial charge >= 0.3 is 6.09 Å². The van der Waals surface area contributed by atoms with Crippen molar-refractivity contribution in [1.82, 2.24) is 26.1 Å². The molecular weight excluding hydrogens is 714 g/mol. The molecule has 2 aromatic carbocycles. The van der Waals surface area contributed by atoms with E-state index in [1.54, 1.807) is 18.3 Å². The Morgan fingerprint density at radius 3 is 2.04 bits per heavy atom. The summed E-state index contributed by atoms with van der Waals surface area (Å²) in [5.74, 6) is -1.45. The van der Waals surface area contributed by atoms with E-state index in [9.17, 15) is 19.2 Å². The van der Waals surface area contributed by atoms with Crippen LogP contribution in [0.1, 0.15) is 66.0 Å². The van der Waals surface area contributed by atoms with E-state index in [2.05, 4.69) is 21.0 Å². The maximum atomic E-state index is 14.2. The fourth-order valence-electron chi connectivity index (χ4n) is 6.11. The number of ketones is 1. The first-order chi connectivity index (χ1) is 26.5. The summed E-state index contributed by atoms with van der Waals surface area (Å²) >= 11 is 0. The molecule has 3 aromatic rings. The predicted molar refractivity (Wildman–Crippen MR) is 215 cm³/mol. The molecule has 13 heteroatoms. The number of rotatable bonds is 21. The zero-order valence-corrected chi connectivity index (χ0v) is 34.4. The van der Waals surface area contributed by atoms with Crippen LogP contribution in [0.25, 0.3) is 11.3 Å². The number of benzene rings is 2. The number of Topliss-reactive ketones (excluding diaryl/α,β-unsaturated/α-hetero) is 1. The second-order valence-electron chi connectivity index (χ2n) is 16.1. The number of pyridine rings is 1. The molecule has 4 atom stereocenters. The highest BCUT2D eigenvalue weighted by molar-refractivity contribution is 5.87. The summed E-state index contributed by atoms with van der Waals surface area (Å²) in [5.41, 5.74) is 5.41. The van der Waals surface area contributed by atoms with Gasteiger partial charge in [0, 0.05) is 44.3 Å². The highest BCUT2D eigenvalue weighted by Crippen LogP contribution is 2.30. The molecule has 1 heterocycles. The minimum atomic E-state index is -0.973. The van der Waals surface area contributed by atoms with Crippen molar-refractivity contribution in [1.29, 1.82) is 0 Å². The molecular formula is C43H61N5O8. The Labute approximate surface area is 332 Å². The Morgan fingerprint density at radius 1 is 0.786 bits per heavy atom. The number of hydrogen-bond donors (Lipinski definition) is 3. The van der Waals surface area contributed by atoms with Crippen LogP contribution >= 0.6 is 0 Å². The van der Waals surface area contributed by atoms with Crippen LogP contribution in [-0.4, -0.2) is 92.6 Å².